The zero-order chi connectivity index (χ0) is 21.1. The smallest absolute Gasteiger partial charge is 0.255 e. The van der Waals surface area contributed by atoms with Crippen LogP contribution in [0.5, 0.6) is 5.75 Å². The fourth-order valence-corrected chi connectivity index (χ4v) is 3.94. The Balaban J connectivity index is 1.34. The van der Waals surface area contributed by atoms with Crippen molar-refractivity contribution in [2.75, 3.05) is 44.7 Å². The van der Waals surface area contributed by atoms with Gasteiger partial charge in [0.2, 0.25) is 11.8 Å². The summed E-state index contributed by atoms with van der Waals surface area (Å²) in [5.41, 5.74) is 1.32. The third-order valence-electron chi connectivity index (χ3n) is 5.65. The number of methoxy groups -OCH3 is 1. The molecule has 0 N–H and O–H groups in total. The molecule has 0 saturated carbocycles. The van der Waals surface area contributed by atoms with Crippen LogP contribution in [0.4, 0.5) is 5.69 Å². The Bertz CT molecular complexity index is 924. The number of pyridine rings is 1. The zero-order valence-electron chi connectivity index (χ0n) is 16.9. The lowest BCUT2D eigenvalue weighted by Gasteiger charge is -2.35. The summed E-state index contributed by atoms with van der Waals surface area (Å²) < 4.78 is 5.16. The van der Waals surface area contributed by atoms with E-state index in [2.05, 4.69) is 4.98 Å². The zero-order valence-corrected chi connectivity index (χ0v) is 16.9. The molecular formula is C22H24N4O4. The van der Waals surface area contributed by atoms with Crippen molar-refractivity contribution in [3.63, 3.8) is 0 Å². The fourth-order valence-electron chi connectivity index (χ4n) is 3.94. The highest BCUT2D eigenvalue weighted by molar-refractivity contribution is 6.00. The maximum absolute atomic E-state index is 13.0. The first kappa shape index (κ1) is 19.9. The van der Waals surface area contributed by atoms with Gasteiger partial charge in [0.1, 0.15) is 5.75 Å². The normalized spacial score (nSPS) is 19.2. The summed E-state index contributed by atoms with van der Waals surface area (Å²) in [6.07, 6.45) is 3.39. The summed E-state index contributed by atoms with van der Waals surface area (Å²) >= 11 is 0. The van der Waals surface area contributed by atoms with Gasteiger partial charge in [-0.3, -0.25) is 19.4 Å². The van der Waals surface area contributed by atoms with Gasteiger partial charge in [0, 0.05) is 57.2 Å². The van der Waals surface area contributed by atoms with E-state index in [1.165, 1.54) is 0 Å². The van der Waals surface area contributed by atoms with E-state index < -0.39 is 0 Å². The first-order valence-electron chi connectivity index (χ1n) is 9.99. The lowest BCUT2D eigenvalue weighted by Crippen LogP contribution is -2.52. The van der Waals surface area contributed by atoms with Crippen LogP contribution >= 0.6 is 0 Å². The van der Waals surface area contributed by atoms with Crippen LogP contribution in [0.15, 0.2) is 48.8 Å². The van der Waals surface area contributed by atoms with Crippen molar-refractivity contribution in [2.45, 2.75) is 6.42 Å². The first-order valence-corrected chi connectivity index (χ1v) is 9.99. The summed E-state index contributed by atoms with van der Waals surface area (Å²) in [4.78, 5) is 47.2. The molecule has 3 heterocycles. The van der Waals surface area contributed by atoms with Crippen molar-refractivity contribution in [1.29, 1.82) is 0 Å². The Hall–Kier alpha value is -3.42. The highest BCUT2D eigenvalue weighted by atomic mass is 16.5. The number of benzene rings is 1. The predicted octanol–water partition coefficient (Wildman–Crippen LogP) is 1.43. The molecule has 1 atom stereocenters. The van der Waals surface area contributed by atoms with Gasteiger partial charge in [0.05, 0.1) is 18.6 Å². The molecule has 1 aromatic heterocycles. The Labute approximate surface area is 175 Å². The minimum absolute atomic E-state index is 0.0205. The molecule has 0 aliphatic carbocycles. The number of anilines is 1. The quantitative estimate of drug-likeness (QED) is 0.764. The number of ether oxygens (including phenoxy) is 1. The van der Waals surface area contributed by atoms with Gasteiger partial charge in [0.25, 0.3) is 5.91 Å². The standard InChI is InChI=1S/C22H24N4O4/c1-30-19-6-4-18(5-7-19)26-15-17(13-20(26)27)22(29)25-11-9-24(10-12-25)21(28)16-3-2-8-23-14-16/h2-8,14,17H,9-13,15H2,1H3/t17-/m1/s1. The summed E-state index contributed by atoms with van der Waals surface area (Å²) in [7, 11) is 1.59. The highest BCUT2D eigenvalue weighted by Crippen LogP contribution is 2.28. The molecule has 2 aliphatic heterocycles. The number of piperazine rings is 1. The van der Waals surface area contributed by atoms with Crippen LogP contribution < -0.4 is 9.64 Å². The van der Waals surface area contributed by atoms with E-state index in [-0.39, 0.29) is 30.1 Å². The van der Waals surface area contributed by atoms with Crippen molar-refractivity contribution in [1.82, 2.24) is 14.8 Å². The van der Waals surface area contributed by atoms with Gasteiger partial charge in [-0.25, -0.2) is 0 Å². The van der Waals surface area contributed by atoms with Gasteiger partial charge in [-0.1, -0.05) is 0 Å². The number of hydrogen-bond donors (Lipinski definition) is 0. The molecule has 2 saturated heterocycles. The fraction of sp³-hybridized carbons (Fsp3) is 0.364. The Morgan fingerprint density at radius 1 is 1.03 bits per heavy atom. The van der Waals surface area contributed by atoms with Crippen molar-refractivity contribution in [3.8, 4) is 5.75 Å². The molecule has 3 amide bonds. The third kappa shape index (κ3) is 3.98. The van der Waals surface area contributed by atoms with Crippen LogP contribution in [0.3, 0.4) is 0 Å². The van der Waals surface area contributed by atoms with Crippen molar-refractivity contribution in [3.05, 3.63) is 54.4 Å². The number of carbonyl (C=O) groups excluding carboxylic acids is 3. The second kappa shape index (κ2) is 8.52. The van der Waals surface area contributed by atoms with E-state index in [1.54, 1.807) is 58.5 Å². The number of aromatic nitrogens is 1. The van der Waals surface area contributed by atoms with E-state index in [9.17, 15) is 14.4 Å². The SMILES string of the molecule is COc1ccc(N2C[C@H](C(=O)N3CCN(C(=O)c4cccnc4)CC3)CC2=O)cc1. The lowest BCUT2D eigenvalue weighted by molar-refractivity contribution is -0.137. The molecule has 2 fully saturated rings. The van der Waals surface area contributed by atoms with Gasteiger partial charge in [-0.05, 0) is 36.4 Å². The maximum Gasteiger partial charge on any atom is 0.255 e. The number of nitrogens with zero attached hydrogens (tertiary/aromatic N) is 4. The van der Waals surface area contributed by atoms with Crippen LogP contribution in [0.2, 0.25) is 0 Å². The molecule has 8 heteroatoms. The highest BCUT2D eigenvalue weighted by Gasteiger charge is 2.38. The third-order valence-corrected chi connectivity index (χ3v) is 5.65. The average Bonchev–Trinajstić information content (AvgIpc) is 3.20. The summed E-state index contributed by atoms with van der Waals surface area (Å²) in [6, 6.07) is 10.7. The van der Waals surface area contributed by atoms with E-state index >= 15 is 0 Å². The first-order chi connectivity index (χ1) is 14.6. The molecule has 0 unspecified atom stereocenters. The molecule has 0 spiro atoms. The largest absolute Gasteiger partial charge is 0.497 e. The maximum atomic E-state index is 13.0. The second-order valence-electron chi connectivity index (χ2n) is 7.46. The Kier molecular flexibility index (Phi) is 5.65. The van der Waals surface area contributed by atoms with Crippen LogP contribution in [0, 0.1) is 5.92 Å². The van der Waals surface area contributed by atoms with Gasteiger partial charge in [-0.15, -0.1) is 0 Å². The molecule has 4 rings (SSSR count). The molecule has 156 valence electrons. The van der Waals surface area contributed by atoms with Crippen molar-refractivity contribution in [2.24, 2.45) is 5.92 Å². The molecule has 0 bridgehead atoms. The Morgan fingerprint density at radius 2 is 1.73 bits per heavy atom. The molecular weight excluding hydrogens is 384 g/mol. The summed E-state index contributed by atoms with van der Waals surface area (Å²) in [5.74, 6) is 0.213. The predicted molar refractivity (Wildman–Crippen MR) is 110 cm³/mol. The molecule has 2 aromatic rings. The average molecular weight is 408 g/mol. The van der Waals surface area contributed by atoms with Gasteiger partial charge >= 0.3 is 0 Å². The van der Waals surface area contributed by atoms with Crippen LogP contribution in [0.1, 0.15) is 16.8 Å². The molecule has 30 heavy (non-hydrogen) atoms. The van der Waals surface area contributed by atoms with Crippen LogP contribution in [-0.2, 0) is 9.59 Å². The van der Waals surface area contributed by atoms with E-state index in [1.807, 2.05) is 12.1 Å². The minimum atomic E-state index is -0.361. The lowest BCUT2D eigenvalue weighted by atomic mass is 10.1. The second-order valence-corrected chi connectivity index (χ2v) is 7.46. The van der Waals surface area contributed by atoms with Crippen LogP contribution in [-0.4, -0.2) is 72.3 Å². The molecule has 1 aromatic carbocycles. The number of hydrogen-bond acceptors (Lipinski definition) is 5. The monoisotopic (exact) mass is 408 g/mol. The Morgan fingerprint density at radius 3 is 2.37 bits per heavy atom. The summed E-state index contributed by atoms with van der Waals surface area (Å²) in [5, 5.41) is 0. The van der Waals surface area contributed by atoms with Gasteiger partial charge in [0.15, 0.2) is 0 Å². The van der Waals surface area contributed by atoms with Crippen molar-refractivity contribution >= 4 is 23.4 Å². The molecule has 0 radical (unpaired) electrons. The van der Waals surface area contributed by atoms with Crippen LogP contribution in [0.25, 0.3) is 0 Å². The topological polar surface area (TPSA) is 83.1 Å². The van der Waals surface area contributed by atoms with Gasteiger partial charge in [-0.2, -0.15) is 0 Å². The van der Waals surface area contributed by atoms with Crippen molar-refractivity contribution < 1.29 is 19.1 Å². The number of carbonyl (C=O) groups is 3. The molecule has 2 aliphatic rings. The number of rotatable bonds is 4. The minimum Gasteiger partial charge on any atom is -0.497 e. The van der Waals surface area contributed by atoms with E-state index in [0.717, 1.165) is 11.4 Å². The summed E-state index contributed by atoms with van der Waals surface area (Å²) in [6.45, 7) is 2.26. The van der Waals surface area contributed by atoms with E-state index in [0.29, 0.717) is 38.3 Å². The number of amides is 3. The molecule has 8 nitrogen and oxygen atoms in total. The van der Waals surface area contributed by atoms with E-state index in [4.69, 9.17) is 4.74 Å². The van der Waals surface area contributed by atoms with Gasteiger partial charge < -0.3 is 19.4 Å².